The van der Waals surface area contributed by atoms with E-state index in [2.05, 4.69) is 6.07 Å². The van der Waals surface area contributed by atoms with Gasteiger partial charge in [0, 0.05) is 12.7 Å². The zero-order valence-electron chi connectivity index (χ0n) is 12.7. The number of aryl methyl sites for hydroxylation is 2. The van der Waals surface area contributed by atoms with Crippen LogP contribution in [0.1, 0.15) is 55.3 Å². The monoisotopic (exact) mass is 285 g/mol. The highest BCUT2D eigenvalue weighted by molar-refractivity contribution is 5.57. The van der Waals surface area contributed by atoms with Crippen molar-refractivity contribution in [1.82, 2.24) is 4.98 Å². The molecule has 0 aliphatic heterocycles. The first-order chi connectivity index (χ1) is 10.2. The molecule has 1 fully saturated rings. The van der Waals surface area contributed by atoms with Crippen LogP contribution < -0.4 is 4.90 Å². The Morgan fingerprint density at radius 1 is 1.24 bits per heavy atom. The Kier molecular flexibility index (Phi) is 4.12. The Morgan fingerprint density at radius 3 is 2.76 bits per heavy atom. The van der Waals surface area contributed by atoms with Crippen LogP contribution in [-0.4, -0.2) is 29.3 Å². The lowest BCUT2D eigenvalue weighted by Crippen LogP contribution is -2.44. The summed E-state index contributed by atoms with van der Waals surface area (Å²) >= 11 is 0. The number of likely N-dealkylation sites (N-methyl/N-ethyl adjacent to an activating group) is 1. The molecule has 1 saturated carbocycles. The summed E-state index contributed by atoms with van der Waals surface area (Å²) in [5, 5.41) is 19.7. The summed E-state index contributed by atoms with van der Waals surface area (Å²) in [6.45, 7) is 0. The highest BCUT2D eigenvalue weighted by atomic mass is 16.3. The summed E-state index contributed by atoms with van der Waals surface area (Å²) in [5.41, 5.74) is 3.03. The highest BCUT2D eigenvalue weighted by Crippen LogP contribution is 2.30. The third kappa shape index (κ3) is 2.75. The Morgan fingerprint density at radius 2 is 2.00 bits per heavy atom. The quantitative estimate of drug-likeness (QED) is 0.907. The largest absolute Gasteiger partial charge is 0.391 e. The van der Waals surface area contributed by atoms with E-state index in [9.17, 15) is 10.4 Å². The molecule has 0 amide bonds. The number of fused-ring (bicyclic) bond motifs is 1. The molecule has 2 aliphatic rings. The molecule has 112 valence electrons. The van der Waals surface area contributed by atoms with Crippen LogP contribution in [0.25, 0.3) is 0 Å². The van der Waals surface area contributed by atoms with Gasteiger partial charge in [0.05, 0.1) is 17.7 Å². The minimum atomic E-state index is -0.312. The van der Waals surface area contributed by atoms with E-state index < -0.39 is 0 Å². The molecule has 2 atom stereocenters. The van der Waals surface area contributed by atoms with Crippen LogP contribution in [-0.2, 0) is 12.8 Å². The van der Waals surface area contributed by atoms with Crippen LogP contribution in [0.4, 0.5) is 5.82 Å². The number of nitrogens with zero attached hydrogens (tertiary/aromatic N) is 3. The summed E-state index contributed by atoms with van der Waals surface area (Å²) < 4.78 is 0. The van der Waals surface area contributed by atoms with E-state index >= 15 is 0 Å². The second kappa shape index (κ2) is 6.03. The zero-order valence-corrected chi connectivity index (χ0v) is 12.7. The molecule has 1 heterocycles. The number of aromatic nitrogens is 1. The number of pyridine rings is 1. The number of hydrogen-bond acceptors (Lipinski definition) is 4. The van der Waals surface area contributed by atoms with Crippen molar-refractivity contribution < 1.29 is 5.11 Å². The van der Waals surface area contributed by atoms with Gasteiger partial charge in [-0.3, -0.25) is 0 Å². The molecule has 21 heavy (non-hydrogen) atoms. The maximum atomic E-state index is 10.3. The zero-order chi connectivity index (χ0) is 14.8. The molecule has 2 unspecified atom stereocenters. The van der Waals surface area contributed by atoms with Gasteiger partial charge >= 0.3 is 0 Å². The van der Waals surface area contributed by atoms with Crippen LogP contribution in [0.15, 0.2) is 6.07 Å². The average Bonchev–Trinajstić information content (AvgIpc) is 2.53. The van der Waals surface area contributed by atoms with Gasteiger partial charge in [-0.15, -0.1) is 0 Å². The van der Waals surface area contributed by atoms with Crippen molar-refractivity contribution in [1.29, 1.82) is 5.26 Å². The van der Waals surface area contributed by atoms with Crippen molar-refractivity contribution in [2.45, 2.75) is 63.5 Å². The van der Waals surface area contributed by atoms with E-state index in [4.69, 9.17) is 4.98 Å². The van der Waals surface area contributed by atoms with E-state index in [1.165, 1.54) is 18.4 Å². The van der Waals surface area contributed by atoms with E-state index in [1.54, 1.807) is 0 Å². The first-order valence-electron chi connectivity index (χ1n) is 8.04. The van der Waals surface area contributed by atoms with E-state index in [-0.39, 0.29) is 12.1 Å². The lowest BCUT2D eigenvalue weighted by Gasteiger charge is -2.36. The fourth-order valence-corrected chi connectivity index (χ4v) is 3.67. The summed E-state index contributed by atoms with van der Waals surface area (Å²) in [4.78, 5) is 6.82. The predicted octanol–water partition coefficient (Wildman–Crippen LogP) is 2.57. The van der Waals surface area contributed by atoms with Crippen molar-refractivity contribution in [3.05, 3.63) is 22.9 Å². The first kappa shape index (κ1) is 14.3. The summed E-state index contributed by atoms with van der Waals surface area (Å²) in [6.07, 6.45) is 8.16. The van der Waals surface area contributed by atoms with Gasteiger partial charge in [-0.1, -0.05) is 12.8 Å². The number of hydrogen-bond donors (Lipinski definition) is 1. The van der Waals surface area contributed by atoms with Gasteiger partial charge in [-0.05, 0) is 50.2 Å². The SMILES string of the molecule is CN(c1nc2c(cc1C#N)CCCC2)C1CCCCC1O. The normalized spacial score (nSPS) is 25.0. The Bertz CT molecular complexity index is 564. The minimum Gasteiger partial charge on any atom is -0.391 e. The lowest BCUT2D eigenvalue weighted by molar-refractivity contribution is 0.106. The van der Waals surface area contributed by atoms with E-state index in [1.807, 2.05) is 18.0 Å². The maximum absolute atomic E-state index is 10.3. The predicted molar refractivity (Wildman–Crippen MR) is 82.3 cm³/mol. The second-order valence-electron chi connectivity index (χ2n) is 6.31. The Balaban J connectivity index is 1.94. The Hall–Kier alpha value is -1.60. The van der Waals surface area contributed by atoms with Crippen molar-refractivity contribution in [2.75, 3.05) is 11.9 Å². The molecule has 1 aromatic rings. The molecule has 0 spiro atoms. The first-order valence-corrected chi connectivity index (χ1v) is 8.04. The fraction of sp³-hybridized carbons (Fsp3) is 0.647. The molecule has 0 saturated heterocycles. The van der Waals surface area contributed by atoms with E-state index in [0.29, 0.717) is 5.56 Å². The van der Waals surface area contributed by atoms with Gasteiger partial charge in [0.25, 0.3) is 0 Å². The van der Waals surface area contributed by atoms with Crippen LogP contribution >= 0.6 is 0 Å². The highest BCUT2D eigenvalue weighted by Gasteiger charge is 2.29. The smallest absolute Gasteiger partial charge is 0.146 e. The lowest BCUT2D eigenvalue weighted by atomic mass is 9.91. The van der Waals surface area contributed by atoms with Gasteiger partial charge in [0.15, 0.2) is 0 Å². The third-order valence-electron chi connectivity index (χ3n) is 4.93. The minimum absolute atomic E-state index is 0.0833. The summed E-state index contributed by atoms with van der Waals surface area (Å²) in [5.74, 6) is 0.754. The number of nitriles is 1. The fourth-order valence-electron chi connectivity index (χ4n) is 3.67. The van der Waals surface area contributed by atoms with Crippen LogP contribution in [0.5, 0.6) is 0 Å². The molecule has 1 aromatic heterocycles. The van der Waals surface area contributed by atoms with E-state index in [0.717, 1.165) is 50.0 Å². The standard InChI is InChI=1S/C17H23N3O/c1-20(15-8-4-5-9-16(15)21)17-13(11-18)10-12-6-2-3-7-14(12)19-17/h10,15-16,21H,2-9H2,1H3. The topological polar surface area (TPSA) is 60.2 Å². The van der Waals surface area contributed by atoms with Crippen molar-refractivity contribution in [3.8, 4) is 6.07 Å². The van der Waals surface area contributed by atoms with Gasteiger partial charge in [0.2, 0.25) is 0 Å². The number of aliphatic hydroxyl groups excluding tert-OH is 1. The molecule has 0 radical (unpaired) electrons. The third-order valence-corrected chi connectivity index (χ3v) is 4.93. The molecule has 1 N–H and O–H groups in total. The molecule has 0 bridgehead atoms. The summed E-state index contributed by atoms with van der Waals surface area (Å²) in [6, 6.07) is 4.39. The second-order valence-corrected chi connectivity index (χ2v) is 6.31. The molecular formula is C17H23N3O. The molecule has 2 aliphatic carbocycles. The van der Waals surface area contributed by atoms with Gasteiger partial charge in [-0.25, -0.2) is 4.98 Å². The van der Waals surface area contributed by atoms with Crippen LogP contribution in [0, 0.1) is 11.3 Å². The molecule has 4 nitrogen and oxygen atoms in total. The van der Waals surface area contributed by atoms with Crippen molar-refractivity contribution in [3.63, 3.8) is 0 Å². The van der Waals surface area contributed by atoms with Crippen molar-refractivity contribution >= 4 is 5.82 Å². The molecule has 3 rings (SSSR count). The van der Waals surface area contributed by atoms with Gasteiger partial charge < -0.3 is 10.0 Å². The molecule has 4 heteroatoms. The van der Waals surface area contributed by atoms with Crippen LogP contribution in [0.2, 0.25) is 0 Å². The summed E-state index contributed by atoms with van der Waals surface area (Å²) in [7, 11) is 1.97. The molecule has 0 aromatic carbocycles. The number of rotatable bonds is 2. The molecular weight excluding hydrogens is 262 g/mol. The number of aliphatic hydroxyl groups is 1. The number of anilines is 1. The Labute approximate surface area is 126 Å². The van der Waals surface area contributed by atoms with Gasteiger partial charge in [0.1, 0.15) is 11.9 Å². The van der Waals surface area contributed by atoms with Gasteiger partial charge in [-0.2, -0.15) is 5.26 Å². The average molecular weight is 285 g/mol. The van der Waals surface area contributed by atoms with Crippen molar-refractivity contribution in [2.24, 2.45) is 0 Å². The van der Waals surface area contributed by atoms with Crippen LogP contribution in [0.3, 0.4) is 0 Å². The maximum Gasteiger partial charge on any atom is 0.146 e.